The molecular weight excluding hydrogens is 266 g/mol. The van der Waals surface area contributed by atoms with E-state index in [1.807, 2.05) is 0 Å². The quantitative estimate of drug-likeness (QED) is 0.715. The van der Waals surface area contributed by atoms with Gasteiger partial charge in [-0.15, -0.1) is 0 Å². The standard InChI is InChI=1S/C10H10ClNO4S/c1-16-10(13)6-4-12-8-2-3-17(14,15)5-7(8)9(6)11/h4H,2-3,5H2,1H3. The van der Waals surface area contributed by atoms with E-state index in [1.54, 1.807) is 0 Å². The summed E-state index contributed by atoms with van der Waals surface area (Å²) in [5.41, 5.74) is 1.16. The molecule has 7 heteroatoms. The molecule has 0 saturated heterocycles. The lowest BCUT2D eigenvalue weighted by Gasteiger charge is -2.17. The number of halogens is 1. The van der Waals surface area contributed by atoms with E-state index >= 15 is 0 Å². The maximum Gasteiger partial charge on any atom is 0.340 e. The molecule has 1 aliphatic rings. The van der Waals surface area contributed by atoms with Gasteiger partial charge in [0, 0.05) is 23.9 Å². The van der Waals surface area contributed by atoms with E-state index in [4.69, 9.17) is 11.6 Å². The van der Waals surface area contributed by atoms with Crippen molar-refractivity contribution in [3.05, 3.63) is 28.0 Å². The molecule has 1 aromatic heterocycles. The molecule has 0 saturated carbocycles. The van der Waals surface area contributed by atoms with Crippen LogP contribution in [0.15, 0.2) is 6.20 Å². The first-order valence-corrected chi connectivity index (χ1v) is 7.09. The number of nitrogens with zero attached hydrogens (tertiary/aromatic N) is 1. The van der Waals surface area contributed by atoms with E-state index in [2.05, 4.69) is 9.72 Å². The second-order valence-corrected chi connectivity index (χ2v) is 6.31. The van der Waals surface area contributed by atoms with E-state index < -0.39 is 15.8 Å². The van der Waals surface area contributed by atoms with Crippen LogP contribution >= 0.6 is 11.6 Å². The molecule has 0 unspecified atom stereocenters. The number of sulfone groups is 1. The lowest BCUT2D eigenvalue weighted by atomic mass is 10.1. The molecule has 0 atom stereocenters. The lowest BCUT2D eigenvalue weighted by Crippen LogP contribution is -2.21. The Bertz CT molecular complexity index is 582. The van der Waals surface area contributed by atoms with Crippen molar-refractivity contribution < 1.29 is 17.9 Å². The summed E-state index contributed by atoms with van der Waals surface area (Å²) in [6.45, 7) is 0. The number of carbonyl (C=O) groups is 1. The fourth-order valence-corrected chi connectivity index (χ4v) is 3.51. The number of ether oxygens (including phenoxy) is 1. The third-order valence-electron chi connectivity index (χ3n) is 2.62. The molecule has 2 rings (SSSR count). The highest BCUT2D eigenvalue weighted by Gasteiger charge is 2.27. The van der Waals surface area contributed by atoms with Crippen LogP contribution in [-0.4, -0.2) is 32.2 Å². The summed E-state index contributed by atoms with van der Waals surface area (Å²) < 4.78 is 27.6. The third kappa shape index (κ3) is 2.28. The van der Waals surface area contributed by atoms with Crippen molar-refractivity contribution in [2.24, 2.45) is 0 Å². The van der Waals surface area contributed by atoms with Gasteiger partial charge in [0.2, 0.25) is 0 Å². The number of aryl methyl sites for hydroxylation is 1. The zero-order valence-electron chi connectivity index (χ0n) is 9.07. The first-order chi connectivity index (χ1) is 7.94. The maximum absolute atomic E-state index is 11.5. The van der Waals surface area contributed by atoms with Crippen molar-refractivity contribution in [2.75, 3.05) is 12.9 Å². The highest BCUT2D eigenvalue weighted by molar-refractivity contribution is 7.90. The van der Waals surface area contributed by atoms with Gasteiger partial charge in [0.15, 0.2) is 9.84 Å². The first kappa shape index (κ1) is 12.3. The van der Waals surface area contributed by atoms with Crippen LogP contribution in [0.1, 0.15) is 21.6 Å². The topological polar surface area (TPSA) is 73.3 Å². The molecule has 0 aromatic carbocycles. The summed E-state index contributed by atoms with van der Waals surface area (Å²) >= 11 is 6.02. The molecule has 0 fully saturated rings. The Morgan fingerprint density at radius 2 is 2.24 bits per heavy atom. The molecule has 92 valence electrons. The molecule has 17 heavy (non-hydrogen) atoms. The molecule has 1 aromatic rings. The normalized spacial score (nSPS) is 17.3. The largest absolute Gasteiger partial charge is 0.465 e. The number of carbonyl (C=O) groups excluding carboxylic acids is 1. The highest BCUT2D eigenvalue weighted by Crippen LogP contribution is 2.29. The first-order valence-electron chi connectivity index (χ1n) is 4.89. The monoisotopic (exact) mass is 275 g/mol. The molecule has 0 bridgehead atoms. The van der Waals surface area contributed by atoms with Crippen molar-refractivity contribution in [1.29, 1.82) is 0 Å². The number of esters is 1. The molecular formula is C10H10ClNO4S. The Hall–Kier alpha value is -1.14. The van der Waals surface area contributed by atoms with E-state index in [-0.39, 0.29) is 22.1 Å². The summed E-state index contributed by atoms with van der Waals surface area (Å²) in [6.07, 6.45) is 1.66. The van der Waals surface area contributed by atoms with Gasteiger partial charge in [-0.1, -0.05) is 11.6 Å². The van der Waals surface area contributed by atoms with Crippen LogP contribution in [0.4, 0.5) is 0 Å². The minimum atomic E-state index is -3.14. The summed E-state index contributed by atoms with van der Waals surface area (Å²) in [4.78, 5) is 15.5. The Balaban J connectivity index is 2.55. The second kappa shape index (κ2) is 4.27. The number of pyridine rings is 1. The van der Waals surface area contributed by atoms with Gasteiger partial charge in [-0.05, 0) is 0 Å². The van der Waals surface area contributed by atoms with Gasteiger partial charge in [0.05, 0.1) is 29.2 Å². The Morgan fingerprint density at radius 1 is 1.53 bits per heavy atom. The van der Waals surface area contributed by atoms with Gasteiger partial charge in [-0.25, -0.2) is 13.2 Å². The number of methoxy groups -OCH3 is 1. The number of hydrogen-bond acceptors (Lipinski definition) is 5. The van der Waals surface area contributed by atoms with Crippen LogP contribution in [0.2, 0.25) is 5.02 Å². The molecule has 1 aliphatic heterocycles. The molecule has 0 N–H and O–H groups in total. The van der Waals surface area contributed by atoms with Crippen molar-refractivity contribution in [3.8, 4) is 0 Å². The highest BCUT2D eigenvalue weighted by atomic mass is 35.5. The van der Waals surface area contributed by atoms with Crippen LogP contribution < -0.4 is 0 Å². The van der Waals surface area contributed by atoms with Crippen LogP contribution in [0.25, 0.3) is 0 Å². The van der Waals surface area contributed by atoms with Gasteiger partial charge in [-0.2, -0.15) is 0 Å². The summed E-state index contributed by atoms with van der Waals surface area (Å²) in [6, 6.07) is 0. The summed E-state index contributed by atoms with van der Waals surface area (Å²) in [5, 5.41) is 0.130. The van der Waals surface area contributed by atoms with E-state index in [1.165, 1.54) is 13.3 Å². The average molecular weight is 276 g/mol. The van der Waals surface area contributed by atoms with Gasteiger partial charge in [0.1, 0.15) is 0 Å². The van der Waals surface area contributed by atoms with E-state index in [0.29, 0.717) is 17.7 Å². The second-order valence-electron chi connectivity index (χ2n) is 3.74. The van der Waals surface area contributed by atoms with Gasteiger partial charge in [-0.3, -0.25) is 4.98 Å². The summed E-state index contributed by atoms with van der Waals surface area (Å²) in [7, 11) is -1.91. The minimum absolute atomic E-state index is 0.0703. The minimum Gasteiger partial charge on any atom is -0.465 e. The van der Waals surface area contributed by atoms with E-state index in [0.717, 1.165) is 0 Å². The van der Waals surface area contributed by atoms with Gasteiger partial charge in [0.25, 0.3) is 0 Å². The molecule has 0 radical (unpaired) electrons. The van der Waals surface area contributed by atoms with E-state index in [9.17, 15) is 13.2 Å². The lowest BCUT2D eigenvalue weighted by molar-refractivity contribution is 0.0600. The van der Waals surface area contributed by atoms with Crippen LogP contribution in [0.3, 0.4) is 0 Å². The SMILES string of the molecule is COC(=O)c1cnc2c(c1Cl)CS(=O)(=O)CC2. The number of hydrogen-bond donors (Lipinski definition) is 0. The van der Waals surface area contributed by atoms with Crippen molar-refractivity contribution in [1.82, 2.24) is 4.98 Å². The van der Waals surface area contributed by atoms with Crippen LogP contribution in [0.5, 0.6) is 0 Å². The number of fused-ring (bicyclic) bond motifs is 1. The molecule has 0 spiro atoms. The Morgan fingerprint density at radius 3 is 2.88 bits per heavy atom. The summed E-state index contributed by atoms with van der Waals surface area (Å²) in [5.74, 6) is -0.715. The van der Waals surface area contributed by atoms with Crippen molar-refractivity contribution >= 4 is 27.4 Å². The maximum atomic E-state index is 11.5. The predicted molar refractivity (Wildman–Crippen MR) is 61.8 cm³/mol. The fourth-order valence-electron chi connectivity index (χ4n) is 1.72. The average Bonchev–Trinajstić information content (AvgIpc) is 2.29. The molecule has 5 nitrogen and oxygen atoms in total. The smallest absolute Gasteiger partial charge is 0.340 e. The number of aromatic nitrogens is 1. The van der Waals surface area contributed by atoms with Gasteiger partial charge >= 0.3 is 5.97 Å². The van der Waals surface area contributed by atoms with Gasteiger partial charge < -0.3 is 4.74 Å². The Labute approximate surface area is 104 Å². The zero-order valence-corrected chi connectivity index (χ0v) is 10.6. The van der Waals surface area contributed by atoms with Crippen LogP contribution in [0, 0.1) is 0 Å². The molecule has 0 aliphatic carbocycles. The zero-order chi connectivity index (χ0) is 12.6. The third-order valence-corrected chi connectivity index (χ3v) is 4.61. The van der Waals surface area contributed by atoms with Crippen molar-refractivity contribution in [2.45, 2.75) is 12.2 Å². The Kier molecular flexibility index (Phi) is 3.09. The fraction of sp³-hybridized carbons (Fsp3) is 0.400. The molecule has 2 heterocycles. The van der Waals surface area contributed by atoms with Crippen LogP contribution in [-0.2, 0) is 26.7 Å². The molecule has 0 amide bonds. The number of rotatable bonds is 1. The van der Waals surface area contributed by atoms with Crippen molar-refractivity contribution in [3.63, 3.8) is 0 Å². The predicted octanol–water partition coefficient (Wildman–Crippen LogP) is 0.993.